The summed E-state index contributed by atoms with van der Waals surface area (Å²) in [7, 11) is -3.26. The van der Waals surface area contributed by atoms with Crippen LogP contribution in [0.1, 0.15) is 18.2 Å². The van der Waals surface area contributed by atoms with Gasteiger partial charge in [-0.2, -0.15) is 0 Å². The van der Waals surface area contributed by atoms with Crippen LogP contribution in [0.5, 0.6) is 0 Å². The first kappa shape index (κ1) is 20.5. The van der Waals surface area contributed by atoms with Crippen LogP contribution in [-0.2, 0) is 23.4 Å². The van der Waals surface area contributed by atoms with E-state index >= 15 is 0 Å². The van der Waals surface area contributed by atoms with E-state index in [1.54, 1.807) is 0 Å². The van der Waals surface area contributed by atoms with Crippen molar-refractivity contribution >= 4 is 13.7 Å². The number of aromatic nitrogens is 2. The molecule has 146 valence electrons. The monoisotopic (exact) mass is 395 g/mol. The van der Waals surface area contributed by atoms with E-state index in [9.17, 15) is 28.2 Å². The van der Waals surface area contributed by atoms with E-state index in [2.05, 4.69) is 9.72 Å². The molecule has 11 nitrogen and oxygen atoms in total. The average Bonchev–Trinajstić information content (AvgIpc) is 2.95. The Morgan fingerprint density at radius 3 is 2.92 bits per heavy atom. The number of nitrogens with one attached hydrogen (secondary N) is 2. The second kappa shape index (κ2) is 8.23. The molecule has 1 aliphatic rings. The van der Waals surface area contributed by atoms with E-state index in [1.165, 1.54) is 13.1 Å². The van der Waals surface area contributed by atoms with Crippen molar-refractivity contribution in [1.82, 2.24) is 14.6 Å². The summed E-state index contributed by atoms with van der Waals surface area (Å²) in [5.41, 5.74) is -1.07. The summed E-state index contributed by atoms with van der Waals surface area (Å²) >= 11 is 0. The molecule has 2 heterocycles. The predicted molar refractivity (Wildman–Crippen MR) is 85.3 cm³/mol. The summed E-state index contributed by atoms with van der Waals surface area (Å²) in [4.78, 5) is 45.8. The third-order valence-corrected chi connectivity index (χ3v) is 4.74. The number of aryl methyl sites for hydroxylation is 1. The minimum absolute atomic E-state index is 0.204. The zero-order valence-electron chi connectivity index (χ0n) is 14.0. The predicted octanol–water partition coefficient (Wildman–Crippen LogP) is -0.650. The van der Waals surface area contributed by atoms with Crippen LogP contribution in [0.4, 0.5) is 4.39 Å². The van der Waals surface area contributed by atoms with Crippen LogP contribution in [-0.4, -0.2) is 53.0 Å². The van der Waals surface area contributed by atoms with Crippen LogP contribution < -0.4 is 16.3 Å². The number of carbonyl (C=O) groups excluding carboxylic acids is 1. The molecule has 1 fully saturated rings. The zero-order chi connectivity index (χ0) is 19.5. The summed E-state index contributed by atoms with van der Waals surface area (Å²) in [5.74, 6) is -0.781. The van der Waals surface area contributed by atoms with E-state index in [4.69, 9.17) is 9.26 Å². The van der Waals surface area contributed by atoms with Gasteiger partial charge in [-0.05, 0) is 6.92 Å². The van der Waals surface area contributed by atoms with E-state index in [-0.39, 0.29) is 12.0 Å². The standard InChI is InChI=1S/C13H19FN3O8P/c1-7-5-17(13(20)16-12(7)19)10-3-8(14)9(25-10)6-24-26(21,22)15-4-11(18)23-2/h5,8-10H,3-4,6H2,1-2H3,(H2,15,21,22)(H,16,19,20)/t8-,9+,10+/m0/s1. The number of methoxy groups -OCH3 is 1. The molecule has 0 bridgehead atoms. The molecule has 0 saturated carbocycles. The first-order valence-electron chi connectivity index (χ1n) is 7.54. The Hall–Kier alpha value is -1.85. The van der Waals surface area contributed by atoms with Gasteiger partial charge in [0.25, 0.3) is 5.56 Å². The van der Waals surface area contributed by atoms with Gasteiger partial charge in [0, 0.05) is 18.2 Å². The third kappa shape index (κ3) is 5.08. The van der Waals surface area contributed by atoms with Crippen LogP contribution in [0.2, 0.25) is 0 Å². The molecule has 4 atom stereocenters. The Bertz CT molecular complexity index is 824. The molecule has 0 aliphatic carbocycles. The van der Waals surface area contributed by atoms with E-state index < -0.39 is 56.6 Å². The van der Waals surface area contributed by atoms with Crippen molar-refractivity contribution in [3.05, 3.63) is 32.6 Å². The number of hydrogen-bond acceptors (Lipinski definition) is 7. The molecule has 0 spiro atoms. The Kier molecular flexibility index (Phi) is 6.48. The van der Waals surface area contributed by atoms with Crippen LogP contribution in [0, 0.1) is 6.92 Å². The minimum atomic E-state index is -4.37. The quantitative estimate of drug-likeness (QED) is 0.404. The summed E-state index contributed by atoms with van der Waals surface area (Å²) in [5, 5.41) is 1.96. The number of H-pyrrole nitrogens is 1. The third-order valence-electron chi connectivity index (χ3n) is 3.68. The van der Waals surface area contributed by atoms with E-state index in [0.717, 1.165) is 11.7 Å². The van der Waals surface area contributed by atoms with Crippen molar-refractivity contribution < 1.29 is 32.6 Å². The lowest BCUT2D eigenvalue weighted by atomic mass is 10.2. The van der Waals surface area contributed by atoms with Crippen molar-refractivity contribution in [2.45, 2.75) is 31.8 Å². The van der Waals surface area contributed by atoms with Crippen LogP contribution >= 0.6 is 7.75 Å². The maximum Gasteiger partial charge on any atom is 0.403 e. The lowest BCUT2D eigenvalue weighted by Crippen LogP contribution is -2.33. The van der Waals surface area contributed by atoms with Gasteiger partial charge in [-0.1, -0.05) is 0 Å². The van der Waals surface area contributed by atoms with Crippen molar-refractivity contribution in [1.29, 1.82) is 0 Å². The second-order valence-electron chi connectivity index (χ2n) is 5.59. The molecule has 13 heteroatoms. The fraction of sp³-hybridized carbons (Fsp3) is 0.615. The van der Waals surface area contributed by atoms with Gasteiger partial charge >= 0.3 is 19.4 Å². The van der Waals surface area contributed by atoms with Gasteiger partial charge in [0.05, 0.1) is 13.7 Å². The van der Waals surface area contributed by atoms with Crippen LogP contribution in [0.3, 0.4) is 0 Å². The lowest BCUT2D eigenvalue weighted by Gasteiger charge is -2.18. The Labute approximate surface area is 146 Å². The summed E-state index contributed by atoms with van der Waals surface area (Å²) < 4.78 is 41.3. The van der Waals surface area contributed by atoms with Gasteiger partial charge < -0.3 is 14.4 Å². The van der Waals surface area contributed by atoms with Crippen molar-refractivity contribution in [2.24, 2.45) is 0 Å². The maximum absolute atomic E-state index is 14.1. The molecule has 1 aromatic rings. The highest BCUT2D eigenvalue weighted by Crippen LogP contribution is 2.39. The maximum atomic E-state index is 14.1. The molecule has 0 aromatic carbocycles. The number of ether oxygens (including phenoxy) is 2. The lowest BCUT2D eigenvalue weighted by molar-refractivity contribution is -0.139. The number of carbonyl (C=O) groups is 1. The summed E-state index contributed by atoms with van der Waals surface area (Å²) in [6.45, 7) is 0.326. The number of alkyl halides is 1. The Morgan fingerprint density at radius 1 is 1.58 bits per heavy atom. The fourth-order valence-corrected chi connectivity index (χ4v) is 3.04. The second-order valence-corrected chi connectivity index (χ2v) is 7.20. The van der Waals surface area contributed by atoms with Crippen molar-refractivity contribution in [3.63, 3.8) is 0 Å². The van der Waals surface area contributed by atoms with Crippen molar-refractivity contribution in [2.75, 3.05) is 20.3 Å². The van der Waals surface area contributed by atoms with Crippen molar-refractivity contribution in [3.8, 4) is 0 Å². The Morgan fingerprint density at radius 2 is 2.27 bits per heavy atom. The Balaban J connectivity index is 1.98. The smallest absolute Gasteiger partial charge is 0.403 e. The average molecular weight is 395 g/mol. The minimum Gasteiger partial charge on any atom is -0.468 e. The van der Waals surface area contributed by atoms with E-state index in [1.807, 2.05) is 5.09 Å². The number of nitrogens with zero attached hydrogens (tertiary/aromatic N) is 1. The molecule has 2 rings (SSSR count). The highest BCUT2D eigenvalue weighted by atomic mass is 31.2. The number of halogens is 1. The van der Waals surface area contributed by atoms with Gasteiger partial charge in [-0.25, -0.2) is 18.8 Å². The summed E-state index contributed by atoms with van der Waals surface area (Å²) in [6.07, 6.45) is -2.73. The number of esters is 1. The normalized spacial score (nSPS) is 25.0. The van der Waals surface area contributed by atoms with Gasteiger partial charge in [-0.3, -0.25) is 23.7 Å². The molecule has 26 heavy (non-hydrogen) atoms. The van der Waals surface area contributed by atoms with Gasteiger partial charge in [-0.15, -0.1) is 0 Å². The van der Waals surface area contributed by atoms with E-state index in [0.29, 0.717) is 0 Å². The molecule has 3 N–H and O–H groups in total. The molecule has 1 aromatic heterocycles. The summed E-state index contributed by atoms with van der Waals surface area (Å²) in [6, 6.07) is 0. The fourth-order valence-electron chi connectivity index (χ4n) is 2.27. The number of hydrogen-bond donors (Lipinski definition) is 3. The zero-order valence-corrected chi connectivity index (χ0v) is 14.9. The number of rotatable bonds is 7. The van der Waals surface area contributed by atoms with Gasteiger partial charge in [0.1, 0.15) is 25.0 Å². The molecule has 1 unspecified atom stereocenters. The van der Waals surface area contributed by atoms with Crippen LogP contribution in [0.25, 0.3) is 0 Å². The highest BCUT2D eigenvalue weighted by Gasteiger charge is 2.38. The molecular formula is C13H19FN3O8P. The van der Waals surface area contributed by atoms with Gasteiger partial charge in [0.2, 0.25) is 0 Å². The molecule has 1 saturated heterocycles. The highest BCUT2D eigenvalue weighted by molar-refractivity contribution is 7.50. The molecule has 1 aliphatic heterocycles. The first-order valence-corrected chi connectivity index (χ1v) is 9.11. The molecular weight excluding hydrogens is 376 g/mol. The molecule has 0 amide bonds. The SMILES string of the molecule is COC(=O)CNP(=O)(O)OC[C@H]1O[C@@H](n2cc(C)c(=O)[nH]c2=O)C[C@@H]1F. The molecule has 0 radical (unpaired) electrons. The topological polar surface area (TPSA) is 149 Å². The first-order chi connectivity index (χ1) is 12.1. The van der Waals surface area contributed by atoms with Gasteiger partial charge in [0.15, 0.2) is 0 Å². The largest absolute Gasteiger partial charge is 0.468 e. The van der Waals surface area contributed by atoms with Crippen LogP contribution in [0.15, 0.2) is 15.8 Å². The number of aromatic amines is 1.